The highest BCUT2D eigenvalue weighted by Crippen LogP contribution is 2.40. The van der Waals surface area contributed by atoms with Crippen molar-refractivity contribution in [2.75, 3.05) is 0 Å². The summed E-state index contributed by atoms with van der Waals surface area (Å²) in [6.07, 6.45) is 0. The van der Waals surface area contributed by atoms with Crippen molar-refractivity contribution < 1.29 is 18.1 Å². The molecule has 0 aliphatic carbocycles. The van der Waals surface area contributed by atoms with E-state index in [9.17, 15) is 1.37 Å². The molecule has 10 aromatic rings. The Hall–Kier alpha value is -6.85. The number of fused-ring (bicyclic) bond motifs is 7. The molecule has 0 bridgehead atoms. The number of hydrogen-bond donors (Lipinski definition) is 0. The van der Waals surface area contributed by atoms with Gasteiger partial charge in [0.25, 0.3) is 0 Å². The highest BCUT2D eigenvalue weighted by atomic mass is 16.3. The Morgan fingerprint density at radius 2 is 0.940 bits per heavy atom. The first-order valence-corrected chi connectivity index (χ1v) is 15.9. The smallest absolute Gasteiger partial charge is 0.164 e. The molecule has 0 radical (unpaired) electrons. The van der Waals surface area contributed by atoms with Crippen LogP contribution in [0.1, 0.15) is 13.7 Å². The van der Waals surface area contributed by atoms with Crippen molar-refractivity contribution in [1.29, 1.82) is 0 Å². The summed E-state index contributed by atoms with van der Waals surface area (Å²) < 4.78 is 94.9. The Bertz CT molecular complexity index is 3350. The summed E-state index contributed by atoms with van der Waals surface area (Å²) in [7, 11) is 0. The summed E-state index contributed by atoms with van der Waals surface area (Å²) in [6.45, 7) is 0. The van der Waals surface area contributed by atoms with Crippen molar-refractivity contribution >= 4 is 43.7 Å². The second-order valence-electron chi connectivity index (χ2n) is 11.7. The van der Waals surface area contributed by atoms with Crippen LogP contribution in [0.5, 0.6) is 0 Å². The predicted octanol–water partition coefficient (Wildman–Crippen LogP) is 11.5. The molecule has 7 aromatic carbocycles. The Morgan fingerprint density at radius 1 is 0.440 bits per heavy atom. The summed E-state index contributed by atoms with van der Waals surface area (Å²) in [4.78, 5) is 14.4. The van der Waals surface area contributed by atoms with E-state index < -0.39 is 48.3 Å². The van der Waals surface area contributed by atoms with Crippen molar-refractivity contribution in [2.45, 2.75) is 0 Å². The maximum absolute atomic E-state index is 9.19. The molecule has 0 unspecified atom stereocenters. The third-order valence-electron chi connectivity index (χ3n) is 8.76. The van der Waals surface area contributed by atoms with Gasteiger partial charge in [-0.05, 0) is 41.4 Å². The van der Waals surface area contributed by atoms with E-state index in [1.807, 2.05) is 97.1 Å². The average molecular weight is 651 g/mol. The maximum Gasteiger partial charge on any atom is 0.164 e. The zero-order valence-corrected chi connectivity index (χ0v) is 26.1. The monoisotopic (exact) mass is 650 g/mol. The highest BCUT2D eigenvalue weighted by molar-refractivity contribution is 6.21. The van der Waals surface area contributed by atoms with Gasteiger partial charge in [-0.2, -0.15) is 0 Å². The van der Waals surface area contributed by atoms with Crippen LogP contribution in [-0.4, -0.2) is 19.5 Å². The van der Waals surface area contributed by atoms with Crippen molar-refractivity contribution in [2.24, 2.45) is 0 Å². The first-order valence-electron chi connectivity index (χ1n) is 20.9. The predicted molar refractivity (Wildman–Crippen MR) is 203 cm³/mol. The van der Waals surface area contributed by atoms with Crippen LogP contribution in [0.3, 0.4) is 0 Å². The van der Waals surface area contributed by atoms with Gasteiger partial charge in [0.1, 0.15) is 5.58 Å². The minimum atomic E-state index is -0.522. The molecule has 0 N–H and O–H groups in total. The molecule has 0 aliphatic heterocycles. The van der Waals surface area contributed by atoms with E-state index in [1.54, 1.807) is 16.7 Å². The van der Waals surface area contributed by atoms with Gasteiger partial charge in [-0.15, -0.1) is 0 Å². The van der Waals surface area contributed by atoms with E-state index in [0.717, 1.165) is 27.8 Å². The van der Waals surface area contributed by atoms with Gasteiger partial charge in [0.2, 0.25) is 0 Å². The molecule has 234 valence electrons. The number of benzene rings is 7. The lowest BCUT2D eigenvalue weighted by molar-refractivity contribution is 0.671. The molecule has 0 saturated heterocycles. The third-order valence-corrected chi connectivity index (χ3v) is 8.76. The molecule has 0 fully saturated rings. The summed E-state index contributed by atoms with van der Waals surface area (Å²) >= 11 is 0. The average Bonchev–Trinajstić information content (AvgIpc) is 3.87. The van der Waals surface area contributed by atoms with E-state index >= 15 is 0 Å². The molecule has 5 heteroatoms. The van der Waals surface area contributed by atoms with Crippen LogP contribution >= 0.6 is 0 Å². The molecule has 0 atom stereocenters. The third kappa shape index (κ3) is 4.60. The van der Waals surface area contributed by atoms with Crippen LogP contribution < -0.4 is 0 Å². The van der Waals surface area contributed by atoms with Crippen molar-refractivity contribution in [3.05, 3.63) is 170 Å². The summed E-state index contributed by atoms with van der Waals surface area (Å²) in [5.41, 5.74) is 4.60. The van der Waals surface area contributed by atoms with Crippen LogP contribution in [0, 0.1) is 0 Å². The van der Waals surface area contributed by atoms with Gasteiger partial charge < -0.3 is 8.98 Å². The number of nitrogens with zero attached hydrogens (tertiary/aromatic N) is 4. The minimum absolute atomic E-state index is 0.0141. The molecule has 0 amide bonds. The fourth-order valence-electron chi connectivity index (χ4n) is 6.38. The van der Waals surface area contributed by atoms with Crippen LogP contribution in [0.25, 0.3) is 94.7 Å². The van der Waals surface area contributed by atoms with Gasteiger partial charge in [-0.25, -0.2) is 15.0 Å². The van der Waals surface area contributed by atoms with Crippen molar-refractivity contribution in [3.8, 4) is 51.0 Å². The first kappa shape index (κ1) is 19.8. The molecule has 0 spiro atoms. The van der Waals surface area contributed by atoms with Crippen LogP contribution in [-0.2, 0) is 0 Å². The molecular formula is C45H28N4O. The van der Waals surface area contributed by atoms with Crippen LogP contribution in [0.15, 0.2) is 174 Å². The van der Waals surface area contributed by atoms with E-state index in [0.29, 0.717) is 23.2 Å². The Morgan fingerprint density at radius 3 is 1.58 bits per heavy atom. The quantitative estimate of drug-likeness (QED) is 0.186. The summed E-state index contributed by atoms with van der Waals surface area (Å²) in [6, 6.07) is 30.0. The summed E-state index contributed by atoms with van der Waals surface area (Å²) in [5, 5.41) is -0.0281. The van der Waals surface area contributed by atoms with Crippen molar-refractivity contribution in [3.63, 3.8) is 0 Å². The number of furan rings is 1. The largest absolute Gasteiger partial charge is 0.454 e. The van der Waals surface area contributed by atoms with Gasteiger partial charge in [-0.1, -0.05) is 139 Å². The van der Waals surface area contributed by atoms with E-state index in [2.05, 4.69) is 0 Å². The maximum atomic E-state index is 9.19. The molecule has 50 heavy (non-hydrogen) atoms. The van der Waals surface area contributed by atoms with Gasteiger partial charge in [-0.3, -0.25) is 0 Å². The molecular weight excluding hydrogens is 613 g/mol. The lowest BCUT2D eigenvalue weighted by Crippen LogP contribution is -2.00. The van der Waals surface area contributed by atoms with Crippen LogP contribution in [0.2, 0.25) is 0 Å². The second-order valence-corrected chi connectivity index (χ2v) is 11.7. The SMILES string of the molecule is [2H]c1c([2H])c([2H])c2c(oc3c2c([2H])c([2H])c2c4c([2H])c([2H])c([2H])c([2H])c4n(-c4ccc(-c5ccc(-c6nc(-c7ccccc7)nc(-c7ccccc7)n6)cc5)cc4)c32)c1[2H]. The number of aromatic nitrogens is 4. The standard InChI is InChI=1S/C45H28N4O/c1-3-11-31(12-4-1)43-46-44(32-13-5-2-6-14-32)48-45(47-43)33-21-19-29(20-22-33)30-23-25-34(26-24-30)49-39-17-9-7-15-35(39)37-27-28-38-36-16-8-10-18-40(36)50-42(38)41(37)49/h1-28H/i7D,8D,9D,10D,15D,16D,17D,18D,27D,28D. The normalized spacial score (nSPS) is 14.4. The van der Waals surface area contributed by atoms with Gasteiger partial charge in [0.05, 0.1) is 24.7 Å². The van der Waals surface area contributed by atoms with E-state index in [4.69, 9.17) is 31.7 Å². The molecule has 5 nitrogen and oxygen atoms in total. The van der Waals surface area contributed by atoms with E-state index in [1.165, 1.54) is 0 Å². The van der Waals surface area contributed by atoms with Gasteiger partial charge in [0.15, 0.2) is 23.1 Å². The molecule has 0 aliphatic rings. The topological polar surface area (TPSA) is 56.7 Å². The molecule has 3 heterocycles. The lowest BCUT2D eigenvalue weighted by Gasteiger charge is -2.11. The minimum Gasteiger partial charge on any atom is -0.454 e. The zero-order chi connectivity index (χ0) is 41.7. The summed E-state index contributed by atoms with van der Waals surface area (Å²) in [5.74, 6) is 1.61. The lowest BCUT2D eigenvalue weighted by atomic mass is 10.0. The van der Waals surface area contributed by atoms with Gasteiger partial charge in [0, 0.05) is 43.9 Å². The fourth-order valence-corrected chi connectivity index (χ4v) is 6.38. The number of rotatable bonds is 5. The number of hydrogen-bond acceptors (Lipinski definition) is 4. The zero-order valence-electron chi connectivity index (χ0n) is 36.1. The molecule has 3 aromatic heterocycles. The Kier molecular flexibility index (Phi) is 4.52. The molecule has 10 rings (SSSR count). The first-order chi connectivity index (χ1) is 28.9. The van der Waals surface area contributed by atoms with Crippen LogP contribution in [0.4, 0.5) is 0 Å². The Labute approximate surface area is 301 Å². The Balaban J connectivity index is 1.13. The second kappa shape index (κ2) is 11.4. The fraction of sp³-hybridized carbons (Fsp3) is 0. The number of para-hydroxylation sites is 2. The van der Waals surface area contributed by atoms with Gasteiger partial charge >= 0.3 is 0 Å². The molecule has 0 saturated carbocycles. The highest BCUT2D eigenvalue weighted by Gasteiger charge is 2.19. The van der Waals surface area contributed by atoms with Crippen molar-refractivity contribution in [1.82, 2.24) is 19.5 Å². The van der Waals surface area contributed by atoms with E-state index in [-0.39, 0.29) is 55.8 Å².